The lowest BCUT2D eigenvalue weighted by Crippen LogP contribution is -2.39. The minimum Gasteiger partial charge on any atom is -0.488 e. The topological polar surface area (TPSA) is 96.3 Å². The standard InChI is InChI=1S/C28H30N4O3/c1-28(2,3)35-21-14-12-19(13-15-21)16-20(17-30-32-29)31-27(33)34-18-26-24-10-6-4-8-22(24)23-9-5-7-11-25(23)26/h4-15,20,26H,16-18H2,1-3H3,(H,31,33)/t20-/m0/s1. The Labute approximate surface area is 205 Å². The molecule has 35 heavy (non-hydrogen) atoms. The molecule has 1 amide bonds. The second-order valence-electron chi connectivity index (χ2n) is 9.64. The highest BCUT2D eigenvalue weighted by molar-refractivity contribution is 5.79. The van der Waals surface area contributed by atoms with E-state index in [0.29, 0.717) is 6.42 Å². The molecular weight excluding hydrogens is 440 g/mol. The Balaban J connectivity index is 1.39. The van der Waals surface area contributed by atoms with Crippen LogP contribution >= 0.6 is 0 Å². The number of hydrogen-bond donors (Lipinski definition) is 1. The van der Waals surface area contributed by atoms with Gasteiger partial charge in [-0.25, -0.2) is 4.79 Å². The largest absolute Gasteiger partial charge is 0.488 e. The number of ether oxygens (including phenoxy) is 2. The van der Waals surface area contributed by atoms with Gasteiger partial charge in [0.2, 0.25) is 0 Å². The number of benzene rings is 3. The number of hydrogen-bond acceptors (Lipinski definition) is 4. The van der Waals surface area contributed by atoms with E-state index in [0.717, 1.165) is 22.4 Å². The van der Waals surface area contributed by atoms with Gasteiger partial charge in [0.1, 0.15) is 18.0 Å². The quantitative estimate of drug-likeness (QED) is 0.227. The average molecular weight is 471 g/mol. The smallest absolute Gasteiger partial charge is 0.407 e. The van der Waals surface area contributed by atoms with Gasteiger partial charge in [0, 0.05) is 23.4 Å². The zero-order valence-electron chi connectivity index (χ0n) is 20.3. The minimum atomic E-state index is -0.530. The van der Waals surface area contributed by atoms with E-state index in [1.165, 1.54) is 11.1 Å². The molecule has 7 heteroatoms. The van der Waals surface area contributed by atoms with Crippen LogP contribution in [0.15, 0.2) is 77.9 Å². The average Bonchev–Trinajstić information content (AvgIpc) is 3.15. The summed E-state index contributed by atoms with van der Waals surface area (Å²) in [4.78, 5) is 15.6. The van der Waals surface area contributed by atoms with Gasteiger partial charge in [0.05, 0.1) is 0 Å². The van der Waals surface area contributed by atoms with Crippen molar-refractivity contribution in [3.8, 4) is 16.9 Å². The van der Waals surface area contributed by atoms with Gasteiger partial charge in [-0.05, 0) is 72.7 Å². The maximum atomic E-state index is 12.7. The van der Waals surface area contributed by atoms with Gasteiger partial charge in [0.15, 0.2) is 0 Å². The first-order valence-corrected chi connectivity index (χ1v) is 11.7. The molecule has 0 bridgehead atoms. The van der Waals surface area contributed by atoms with E-state index in [4.69, 9.17) is 15.0 Å². The summed E-state index contributed by atoms with van der Waals surface area (Å²) in [5.41, 5.74) is 14.2. The molecule has 0 spiro atoms. The maximum absolute atomic E-state index is 12.7. The molecule has 7 nitrogen and oxygen atoms in total. The summed E-state index contributed by atoms with van der Waals surface area (Å²) in [5, 5.41) is 6.54. The Kier molecular flexibility index (Phi) is 7.28. The predicted octanol–water partition coefficient (Wildman–Crippen LogP) is 6.62. The molecule has 1 aliphatic rings. The highest BCUT2D eigenvalue weighted by atomic mass is 16.5. The Hall–Kier alpha value is -3.96. The summed E-state index contributed by atoms with van der Waals surface area (Å²) in [6.45, 7) is 6.34. The van der Waals surface area contributed by atoms with Gasteiger partial charge in [-0.3, -0.25) is 0 Å². The van der Waals surface area contributed by atoms with Crippen molar-refractivity contribution >= 4 is 6.09 Å². The van der Waals surface area contributed by atoms with Gasteiger partial charge in [0.25, 0.3) is 0 Å². The number of carbonyl (C=O) groups excluding carboxylic acids is 1. The summed E-state index contributed by atoms with van der Waals surface area (Å²) in [7, 11) is 0. The van der Waals surface area contributed by atoms with Crippen molar-refractivity contribution < 1.29 is 14.3 Å². The third-order valence-corrected chi connectivity index (χ3v) is 5.86. The summed E-state index contributed by atoms with van der Waals surface area (Å²) in [6, 6.07) is 23.7. The number of rotatable bonds is 8. The minimum absolute atomic E-state index is 0.0147. The highest BCUT2D eigenvalue weighted by Gasteiger charge is 2.29. The fourth-order valence-corrected chi connectivity index (χ4v) is 4.43. The second kappa shape index (κ2) is 10.5. The second-order valence-corrected chi connectivity index (χ2v) is 9.64. The SMILES string of the molecule is CC(C)(C)Oc1ccc(C[C@@H](CN=[N+]=[N-])NC(=O)OCC2c3ccccc3-c3ccccc32)cc1. The van der Waals surface area contributed by atoms with Crippen LogP contribution in [0.2, 0.25) is 0 Å². The third kappa shape index (κ3) is 6.14. The van der Waals surface area contributed by atoms with E-state index in [9.17, 15) is 4.79 Å². The van der Waals surface area contributed by atoms with Crippen molar-refractivity contribution in [2.24, 2.45) is 5.11 Å². The van der Waals surface area contributed by atoms with Crippen molar-refractivity contribution in [3.63, 3.8) is 0 Å². The highest BCUT2D eigenvalue weighted by Crippen LogP contribution is 2.44. The Bertz CT molecular complexity index is 1180. The van der Waals surface area contributed by atoms with Crippen molar-refractivity contribution in [1.29, 1.82) is 0 Å². The first-order chi connectivity index (χ1) is 16.8. The molecule has 0 unspecified atom stereocenters. The molecule has 4 rings (SSSR count). The first kappa shape index (κ1) is 24.2. The monoisotopic (exact) mass is 470 g/mol. The molecule has 1 atom stereocenters. The van der Waals surface area contributed by atoms with Crippen molar-refractivity contribution in [3.05, 3.63) is 99.9 Å². The Morgan fingerprint density at radius 2 is 1.60 bits per heavy atom. The number of carbonyl (C=O) groups is 1. The van der Waals surface area contributed by atoms with Crippen LogP contribution in [0, 0.1) is 0 Å². The zero-order chi connectivity index (χ0) is 24.8. The number of nitrogens with one attached hydrogen (secondary N) is 1. The van der Waals surface area contributed by atoms with Crippen LogP contribution in [-0.2, 0) is 11.2 Å². The number of nitrogens with zero attached hydrogens (tertiary/aromatic N) is 3. The zero-order valence-corrected chi connectivity index (χ0v) is 20.3. The molecular formula is C28H30N4O3. The number of azide groups is 1. The fourth-order valence-electron chi connectivity index (χ4n) is 4.43. The molecule has 0 fully saturated rings. The molecule has 1 N–H and O–H groups in total. The summed E-state index contributed by atoms with van der Waals surface area (Å²) in [6.07, 6.45) is -0.0309. The molecule has 0 saturated carbocycles. The van der Waals surface area contributed by atoms with Crippen molar-refractivity contribution in [2.75, 3.05) is 13.2 Å². The number of alkyl carbamates (subject to hydrolysis) is 1. The molecule has 3 aromatic carbocycles. The van der Waals surface area contributed by atoms with Gasteiger partial charge in [-0.1, -0.05) is 65.8 Å². The molecule has 0 aromatic heterocycles. The summed E-state index contributed by atoms with van der Waals surface area (Å²) < 4.78 is 11.5. The van der Waals surface area contributed by atoms with Gasteiger partial charge in [-0.2, -0.15) is 0 Å². The van der Waals surface area contributed by atoms with E-state index in [1.54, 1.807) is 0 Å². The van der Waals surface area contributed by atoms with Crippen LogP contribution in [0.5, 0.6) is 5.75 Å². The molecule has 180 valence electrons. The molecule has 0 heterocycles. The molecule has 0 saturated heterocycles. The normalized spacial score (nSPS) is 13.2. The van der Waals surface area contributed by atoms with Crippen molar-refractivity contribution in [2.45, 2.75) is 44.8 Å². The molecule has 3 aromatic rings. The predicted molar refractivity (Wildman–Crippen MR) is 137 cm³/mol. The van der Waals surface area contributed by atoms with Crippen LogP contribution in [0.1, 0.15) is 43.4 Å². The Morgan fingerprint density at radius 1 is 1.00 bits per heavy atom. The maximum Gasteiger partial charge on any atom is 0.407 e. The lowest BCUT2D eigenvalue weighted by atomic mass is 9.98. The Morgan fingerprint density at radius 3 is 2.17 bits per heavy atom. The van der Waals surface area contributed by atoms with Crippen LogP contribution in [0.3, 0.4) is 0 Å². The first-order valence-electron chi connectivity index (χ1n) is 11.7. The summed E-state index contributed by atoms with van der Waals surface area (Å²) in [5.74, 6) is 0.761. The van der Waals surface area contributed by atoms with E-state index in [-0.39, 0.29) is 24.7 Å². The van der Waals surface area contributed by atoms with E-state index < -0.39 is 12.1 Å². The molecule has 0 aliphatic heterocycles. The lowest BCUT2D eigenvalue weighted by Gasteiger charge is -2.22. The van der Waals surface area contributed by atoms with Crippen LogP contribution in [0.4, 0.5) is 4.79 Å². The molecule has 0 radical (unpaired) electrons. The van der Waals surface area contributed by atoms with Crippen LogP contribution in [0.25, 0.3) is 21.6 Å². The molecule has 1 aliphatic carbocycles. The van der Waals surface area contributed by atoms with Crippen molar-refractivity contribution in [1.82, 2.24) is 5.32 Å². The van der Waals surface area contributed by atoms with E-state index >= 15 is 0 Å². The lowest BCUT2D eigenvalue weighted by molar-refractivity contribution is 0.131. The van der Waals surface area contributed by atoms with E-state index in [1.807, 2.05) is 69.3 Å². The van der Waals surface area contributed by atoms with Crippen LogP contribution < -0.4 is 10.1 Å². The fraction of sp³-hybridized carbons (Fsp3) is 0.321. The third-order valence-electron chi connectivity index (χ3n) is 5.86. The number of amides is 1. The van der Waals surface area contributed by atoms with Gasteiger partial charge < -0.3 is 14.8 Å². The van der Waals surface area contributed by atoms with E-state index in [2.05, 4.69) is 39.6 Å². The van der Waals surface area contributed by atoms with Gasteiger partial charge >= 0.3 is 6.09 Å². The van der Waals surface area contributed by atoms with Crippen LogP contribution in [-0.4, -0.2) is 30.9 Å². The summed E-state index contributed by atoms with van der Waals surface area (Å²) >= 11 is 0. The van der Waals surface area contributed by atoms with Gasteiger partial charge in [-0.15, -0.1) is 0 Å². The number of fused-ring (bicyclic) bond motifs is 3.